The van der Waals surface area contributed by atoms with Crippen molar-refractivity contribution >= 4 is 76.0 Å². The van der Waals surface area contributed by atoms with Gasteiger partial charge in [0.1, 0.15) is 0 Å². The van der Waals surface area contributed by atoms with Gasteiger partial charge in [-0.15, -0.1) is 0 Å². The molecule has 234 valence electrons. The molecule has 0 amide bonds. The molecule has 0 spiro atoms. The van der Waals surface area contributed by atoms with Crippen molar-refractivity contribution in [2.75, 3.05) is 11.5 Å². The number of benzene rings is 10. The molecule has 10 aromatic rings. The van der Waals surface area contributed by atoms with E-state index in [0.717, 1.165) is 44.8 Å². The summed E-state index contributed by atoms with van der Waals surface area (Å²) < 4.78 is 0. The van der Waals surface area contributed by atoms with Gasteiger partial charge >= 0.3 is 0 Å². The van der Waals surface area contributed by atoms with Crippen molar-refractivity contribution in [1.29, 1.82) is 0 Å². The minimum absolute atomic E-state index is 0.739. The quantitative estimate of drug-likeness (QED) is 0.150. The van der Waals surface area contributed by atoms with Gasteiger partial charge < -0.3 is 11.5 Å². The van der Waals surface area contributed by atoms with Crippen LogP contribution in [0.25, 0.3) is 98.0 Å². The van der Waals surface area contributed by atoms with E-state index in [-0.39, 0.29) is 0 Å². The number of hydrogen-bond donors (Lipinski definition) is 2. The Labute approximate surface area is 289 Å². The minimum Gasteiger partial charge on any atom is -0.399 e. The fourth-order valence-corrected chi connectivity index (χ4v) is 8.26. The first-order chi connectivity index (χ1) is 24.6. The first-order valence-electron chi connectivity index (χ1n) is 17.1. The van der Waals surface area contributed by atoms with Crippen LogP contribution in [-0.2, 0) is 0 Å². The van der Waals surface area contributed by atoms with E-state index in [4.69, 9.17) is 11.5 Å². The smallest absolute Gasteiger partial charge is 0.0400 e. The molecule has 0 saturated carbocycles. The van der Waals surface area contributed by atoms with E-state index < -0.39 is 0 Å². The number of anilines is 2. The lowest BCUT2D eigenvalue weighted by Gasteiger charge is -2.20. The summed E-state index contributed by atoms with van der Waals surface area (Å²) in [5.74, 6) is 0. The van der Waals surface area contributed by atoms with E-state index >= 15 is 0 Å². The Bertz CT molecular complexity index is 2920. The molecule has 10 rings (SSSR count). The summed E-state index contributed by atoms with van der Waals surface area (Å²) in [5.41, 5.74) is 21.3. The highest BCUT2D eigenvalue weighted by molar-refractivity contribution is 6.27. The molecule has 4 N–H and O–H groups in total. The Morgan fingerprint density at radius 2 is 0.600 bits per heavy atom. The van der Waals surface area contributed by atoms with Crippen molar-refractivity contribution in [3.05, 3.63) is 170 Å². The molecule has 10 aromatic carbocycles. The standard InChI is InChI=1S/C48H32N2/c49-32-21-17-29(18-22-32)33-25-26-46(50)48(31-20-24-43-39-14-4-2-10-35(39)37-12-6-8-16-41(37)45(43)28-31)47(33)30-19-23-42-38-13-3-1-9-34(38)36-11-5-7-15-40(36)44(42)27-30/h1-28H,49-50H2. The summed E-state index contributed by atoms with van der Waals surface area (Å²) in [6, 6.07) is 61.1. The monoisotopic (exact) mass is 636 g/mol. The van der Waals surface area contributed by atoms with Crippen LogP contribution in [0.4, 0.5) is 11.4 Å². The first-order valence-corrected chi connectivity index (χ1v) is 17.1. The fourth-order valence-electron chi connectivity index (χ4n) is 8.26. The van der Waals surface area contributed by atoms with Crippen molar-refractivity contribution < 1.29 is 0 Å². The molecule has 0 aliphatic heterocycles. The summed E-state index contributed by atoms with van der Waals surface area (Å²) in [7, 11) is 0. The molecule has 0 bridgehead atoms. The Hall–Kier alpha value is -6.64. The van der Waals surface area contributed by atoms with Gasteiger partial charge in [-0.25, -0.2) is 0 Å². The average Bonchev–Trinajstić information content (AvgIpc) is 3.18. The molecule has 50 heavy (non-hydrogen) atoms. The van der Waals surface area contributed by atoms with Crippen LogP contribution in [0, 0.1) is 0 Å². The average molecular weight is 637 g/mol. The zero-order valence-corrected chi connectivity index (χ0v) is 27.3. The van der Waals surface area contributed by atoms with Crippen molar-refractivity contribution in [2.24, 2.45) is 0 Å². The van der Waals surface area contributed by atoms with Gasteiger partial charge in [-0.1, -0.05) is 140 Å². The van der Waals surface area contributed by atoms with Gasteiger partial charge in [0.15, 0.2) is 0 Å². The highest BCUT2D eigenvalue weighted by Gasteiger charge is 2.20. The van der Waals surface area contributed by atoms with Crippen LogP contribution in [0.15, 0.2) is 170 Å². The summed E-state index contributed by atoms with van der Waals surface area (Å²) in [4.78, 5) is 0. The molecule has 0 saturated heterocycles. The maximum atomic E-state index is 7.07. The lowest BCUT2D eigenvalue weighted by molar-refractivity contribution is 1.57. The van der Waals surface area contributed by atoms with Gasteiger partial charge in [0.05, 0.1) is 0 Å². The molecular weight excluding hydrogens is 605 g/mol. The second-order valence-corrected chi connectivity index (χ2v) is 13.3. The zero-order chi connectivity index (χ0) is 33.3. The molecule has 0 aliphatic rings. The predicted octanol–water partition coefficient (Wildman–Crippen LogP) is 12.8. The second-order valence-electron chi connectivity index (χ2n) is 13.3. The molecular formula is C48H32N2. The van der Waals surface area contributed by atoms with Gasteiger partial charge in [-0.2, -0.15) is 0 Å². The molecule has 0 aromatic heterocycles. The highest BCUT2D eigenvalue weighted by atomic mass is 14.6. The van der Waals surface area contributed by atoms with Crippen LogP contribution in [0.2, 0.25) is 0 Å². The maximum Gasteiger partial charge on any atom is 0.0400 e. The Morgan fingerprint density at radius 1 is 0.260 bits per heavy atom. The van der Waals surface area contributed by atoms with Gasteiger partial charge in [-0.05, 0) is 123 Å². The third-order valence-electron chi connectivity index (χ3n) is 10.5. The normalized spacial score (nSPS) is 11.8. The van der Waals surface area contributed by atoms with Gasteiger partial charge in [0.25, 0.3) is 0 Å². The molecule has 0 fully saturated rings. The predicted molar refractivity (Wildman–Crippen MR) is 217 cm³/mol. The first kappa shape index (κ1) is 28.4. The van der Waals surface area contributed by atoms with Crippen LogP contribution in [-0.4, -0.2) is 0 Å². The molecule has 0 atom stereocenters. The molecule has 2 nitrogen and oxygen atoms in total. The van der Waals surface area contributed by atoms with Crippen molar-refractivity contribution in [3.8, 4) is 33.4 Å². The van der Waals surface area contributed by atoms with E-state index in [1.54, 1.807) is 0 Å². The summed E-state index contributed by atoms with van der Waals surface area (Å²) in [6.45, 7) is 0. The van der Waals surface area contributed by atoms with Crippen LogP contribution in [0.1, 0.15) is 0 Å². The SMILES string of the molecule is Nc1ccc(-c2ccc(N)c(-c3ccc4c5ccccc5c5ccccc5c4c3)c2-c2ccc3c4ccccc4c4ccccc4c3c2)cc1. The van der Waals surface area contributed by atoms with Gasteiger partial charge in [0, 0.05) is 16.9 Å². The van der Waals surface area contributed by atoms with E-state index in [1.807, 2.05) is 12.1 Å². The summed E-state index contributed by atoms with van der Waals surface area (Å²) in [5, 5.41) is 15.0. The number of hydrogen-bond acceptors (Lipinski definition) is 2. The minimum atomic E-state index is 0.739. The van der Waals surface area contributed by atoms with Gasteiger partial charge in [0.2, 0.25) is 0 Å². The molecule has 0 unspecified atom stereocenters. The van der Waals surface area contributed by atoms with Crippen LogP contribution < -0.4 is 11.5 Å². The van der Waals surface area contributed by atoms with E-state index in [2.05, 4.69) is 158 Å². The zero-order valence-electron chi connectivity index (χ0n) is 27.3. The number of nitrogens with two attached hydrogens (primary N) is 2. The number of fused-ring (bicyclic) bond motifs is 12. The number of rotatable bonds is 3. The van der Waals surface area contributed by atoms with Crippen molar-refractivity contribution in [1.82, 2.24) is 0 Å². The van der Waals surface area contributed by atoms with Crippen molar-refractivity contribution in [2.45, 2.75) is 0 Å². The molecule has 0 heterocycles. The van der Waals surface area contributed by atoms with E-state index in [9.17, 15) is 0 Å². The van der Waals surface area contributed by atoms with Gasteiger partial charge in [-0.3, -0.25) is 0 Å². The maximum absolute atomic E-state index is 7.07. The topological polar surface area (TPSA) is 52.0 Å². The molecule has 0 radical (unpaired) electrons. The Balaban J connectivity index is 1.31. The lowest BCUT2D eigenvalue weighted by atomic mass is 9.84. The second kappa shape index (κ2) is 10.9. The number of nitrogen functional groups attached to an aromatic ring is 2. The Morgan fingerprint density at radius 3 is 1.02 bits per heavy atom. The summed E-state index contributed by atoms with van der Waals surface area (Å²) >= 11 is 0. The third-order valence-corrected chi connectivity index (χ3v) is 10.5. The largest absolute Gasteiger partial charge is 0.399 e. The molecule has 0 aliphatic carbocycles. The summed E-state index contributed by atoms with van der Waals surface area (Å²) in [6.07, 6.45) is 0. The van der Waals surface area contributed by atoms with E-state index in [1.165, 1.54) is 64.6 Å². The van der Waals surface area contributed by atoms with E-state index in [0.29, 0.717) is 0 Å². The van der Waals surface area contributed by atoms with Crippen LogP contribution >= 0.6 is 0 Å². The lowest BCUT2D eigenvalue weighted by Crippen LogP contribution is -1.97. The molecule has 2 heteroatoms. The highest BCUT2D eigenvalue weighted by Crippen LogP contribution is 2.47. The fraction of sp³-hybridized carbons (Fsp3) is 0. The van der Waals surface area contributed by atoms with Crippen LogP contribution in [0.3, 0.4) is 0 Å². The third kappa shape index (κ3) is 4.22. The van der Waals surface area contributed by atoms with Crippen LogP contribution in [0.5, 0.6) is 0 Å². The Kier molecular flexibility index (Phi) is 6.21. The van der Waals surface area contributed by atoms with Crippen molar-refractivity contribution in [3.63, 3.8) is 0 Å².